The molecule has 3 rings (SSSR count). The van der Waals surface area contributed by atoms with E-state index < -0.39 is 21.8 Å². The SMILES string of the molecule is CC(=O)c1cccc(S(=O)(=O)N2CCN(c3ncc(C(F)(F)F)cc3Cl)CC2)c1. The number of ketones is 1. The first-order valence-electron chi connectivity index (χ1n) is 8.59. The highest BCUT2D eigenvalue weighted by atomic mass is 35.5. The molecule has 2 heterocycles. The number of halogens is 4. The van der Waals surface area contributed by atoms with E-state index in [1.54, 1.807) is 4.90 Å². The molecule has 2 aromatic rings. The maximum Gasteiger partial charge on any atom is 0.417 e. The normalized spacial score (nSPS) is 16.1. The number of sulfonamides is 1. The highest BCUT2D eigenvalue weighted by Gasteiger charge is 2.33. The number of carbonyl (C=O) groups is 1. The minimum absolute atomic E-state index is 0.0179. The second-order valence-electron chi connectivity index (χ2n) is 6.50. The third-order valence-electron chi connectivity index (χ3n) is 4.57. The number of benzene rings is 1. The van der Waals surface area contributed by atoms with Gasteiger partial charge in [0.1, 0.15) is 5.82 Å². The summed E-state index contributed by atoms with van der Waals surface area (Å²) in [6.07, 6.45) is -3.84. The molecule has 1 aliphatic heterocycles. The van der Waals surface area contributed by atoms with Gasteiger partial charge in [-0.05, 0) is 25.1 Å². The smallest absolute Gasteiger partial charge is 0.353 e. The summed E-state index contributed by atoms with van der Waals surface area (Å²) < 4.78 is 65.2. The van der Waals surface area contributed by atoms with Crippen LogP contribution in [0.2, 0.25) is 5.02 Å². The zero-order valence-electron chi connectivity index (χ0n) is 15.3. The van der Waals surface area contributed by atoms with Crippen LogP contribution in [0.3, 0.4) is 0 Å². The molecule has 0 unspecified atom stereocenters. The number of rotatable bonds is 4. The number of piperazine rings is 1. The van der Waals surface area contributed by atoms with Crippen molar-refractivity contribution >= 4 is 33.2 Å². The Morgan fingerprint density at radius 2 is 1.79 bits per heavy atom. The maximum atomic E-state index is 12.9. The van der Waals surface area contributed by atoms with Crippen molar-refractivity contribution in [1.29, 1.82) is 0 Å². The molecule has 11 heteroatoms. The fourth-order valence-electron chi connectivity index (χ4n) is 2.98. The lowest BCUT2D eigenvalue weighted by molar-refractivity contribution is -0.137. The molecule has 0 aliphatic carbocycles. The summed E-state index contributed by atoms with van der Waals surface area (Å²) in [5, 5.41) is -0.148. The van der Waals surface area contributed by atoms with Gasteiger partial charge in [0.25, 0.3) is 0 Å². The Kier molecular flexibility index (Phi) is 5.88. The maximum absolute atomic E-state index is 12.9. The molecule has 0 radical (unpaired) electrons. The molecular formula is C18H17ClF3N3O3S. The second kappa shape index (κ2) is 7.92. The van der Waals surface area contributed by atoms with Crippen LogP contribution in [0, 0.1) is 0 Å². The molecular weight excluding hydrogens is 431 g/mol. The number of anilines is 1. The number of carbonyl (C=O) groups excluding carboxylic acids is 1. The molecule has 29 heavy (non-hydrogen) atoms. The third kappa shape index (κ3) is 4.54. The topological polar surface area (TPSA) is 70.6 Å². The standard InChI is InChI=1S/C18H17ClF3N3O3S/c1-12(26)13-3-2-4-15(9-13)29(27,28)25-7-5-24(6-8-25)17-16(19)10-14(11-23-17)18(20,21)22/h2-4,9-11H,5-8H2,1H3. The van der Waals surface area contributed by atoms with E-state index in [-0.39, 0.29) is 47.7 Å². The molecule has 1 aliphatic rings. The van der Waals surface area contributed by atoms with Gasteiger partial charge in [-0.3, -0.25) is 4.79 Å². The predicted octanol–water partition coefficient (Wildman–Crippen LogP) is 3.47. The fraction of sp³-hybridized carbons (Fsp3) is 0.333. The Hall–Kier alpha value is -2.17. The minimum atomic E-state index is -4.55. The van der Waals surface area contributed by atoms with Gasteiger partial charge >= 0.3 is 6.18 Å². The lowest BCUT2D eigenvalue weighted by Crippen LogP contribution is -2.49. The van der Waals surface area contributed by atoms with Gasteiger partial charge in [0.15, 0.2) is 5.78 Å². The highest BCUT2D eigenvalue weighted by Crippen LogP contribution is 2.34. The van der Waals surface area contributed by atoms with Crippen molar-refractivity contribution < 1.29 is 26.4 Å². The summed E-state index contributed by atoms with van der Waals surface area (Å²) >= 11 is 5.97. The second-order valence-corrected chi connectivity index (χ2v) is 8.85. The monoisotopic (exact) mass is 447 g/mol. The number of Topliss-reactive ketones (excluding diaryl/α,β-unsaturated/α-hetero) is 1. The summed E-state index contributed by atoms with van der Waals surface area (Å²) in [4.78, 5) is 17.0. The van der Waals surface area contributed by atoms with E-state index in [1.807, 2.05) is 0 Å². The Labute approximate surface area is 170 Å². The minimum Gasteiger partial charge on any atom is -0.353 e. The molecule has 0 spiro atoms. The van der Waals surface area contributed by atoms with Crippen LogP contribution >= 0.6 is 11.6 Å². The Morgan fingerprint density at radius 3 is 2.34 bits per heavy atom. The van der Waals surface area contributed by atoms with Gasteiger partial charge in [-0.2, -0.15) is 17.5 Å². The van der Waals surface area contributed by atoms with Crippen LogP contribution in [-0.2, 0) is 16.2 Å². The summed E-state index contributed by atoms with van der Waals surface area (Å²) in [6, 6.07) is 6.60. The summed E-state index contributed by atoms with van der Waals surface area (Å²) in [5.74, 6) is -0.0646. The zero-order chi connectivity index (χ0) is 21.4. The largest absolute Gasteiger partial charge is 0.417 e. The lowest BCUT2D eigenvalue weighted by Gasteiger charge is -2.35. The van der Waals surface area contributed by atoms with Crippen molar-refractivity contribution in [3.8, 4) is 0 Å². The number of alkyl halides is 3. The molecule has 0 amide bonds. The van der Waals surface area contributed by atoms with E-state index in [0.29, 0.717) is 11.8 Å². The van der Waals surface area contributed by atoms with Gasteiger partial charge in [-0.25, -0.2) is 13.4 Å². The van der Waals surface area contributed by atoms with Gasteiger partial charge in [-0.15, -0.1) is 0 Å². The van der Waals surface area contributed by atoms with Crippen LogP contribution in [0.4, 0.5) is 19.0 Å². The summed E-state index contributed by atoms with van der Waals surface area (Å²) in [5.41, 5.74) is -0.650. The van der Waals surface area contributed by atoms with Crippen molar-refractivity contribution in [2.45, 2.75) is 18.0 Å². The number of pyridine rings is 1. The molecule has 1 saturated heterocycles. The lowest BCUT2D eigenvalue weighted by atomic mass is 10.2. The first-order chi connectivity index (χ1) is 13.5. The summed E-state index contributed by atoms with van der Waals surface area (Å²) in [7, 11) is -3.81. The van der Waals surface area contributed by atoms with Gasteiger partial charge in [-0.1, -0.05) is 23.7 Å². The summed E-state index contributed by atoms with van der Waals surface area (Å²) in [6.45, 7) is 1.98. The van der Waals surface area contributed by atoms with E-state index >= 15 is 0 Å². The highest BCUT2D eigenvalue weighted by molar-refractivity contribution is 7.89. The fourth-order valence-corrected chi connectivity index (χ4v) is 4.74. The molecule has 0 atom stereocenters. The molecule has 1 aromatic carbocycles. The van der Waals surface area contributed by atoms with Crippen LogP contribution in [0.25, 0.3) is 0 Å². The molecule has 0 bridgehead atoms. The quantitative estimate of drug-likeness (QED) is 0.671. The van der Waals surface area contributed by atoms with Gasteiger partial charge < -0.3 is 4.90 Å². The van der Waals surface area contributed by atoms with Crippen LogP contribution in [-0.4, -0.2) is 49.7 Å². The van der Waals surface area contributed by atoms with Gasteiger partial charge in [0, 0.05) is 37.9 Å². The van der Waals surface area contributed by atoms with Crippen molar-refractivity contribution in [3.63, 3.8) is 0 Å². The van der Waals surface area contributed by atoms with Crippen molar-refractivity contribution in [2.24, 2.45) is 0 Å². The average molecular weight is 448 g/mol. The molecule has 0 saturated carbocycles. The molecule has 0 N–H and O–H groups in total. The number of hydrogen-bond acceptors (Lipinski definition) is 5. The average Bonchev–Trinajstić information content (AvgIpc) is 2.67. The molecule has 1 aromatic heterocycles. The van der Waals surface area contributed by atoms with E-state index in [1.165, 1.54) is 35.5 Å². The van der Waals surface area contributed by atoms with Crippen LogP contribution in [0.15, 0.2) is 41.4 Å². The van der Waals surface area contributed by atoms with Crippen LogP contribution in [0.1, 0.15) is 22.8 Å². The van der Waals surface area contributed by atoms with Crippen molar-refractivity contribution in [2.75, 3.05) is 31.1 Å². The van der Waals surface area contributed by atoms with E-state index in [4.69, 9.17) is 11.6 Å². The van der Waals surface area contributed by atoms with Gasteiger partial charge in [0.2, 0.25) is 10.0 Å². The Morgan fingerprint density at radius 1 is 1.14 bits per heavy atom. The Balaban J connectivity index is 1.75. The van der Waals surface area contributed by atoms with Crippen molar-refractivity contribution in [3.05, 3.63) is 52.7 Å². The molecule has 156 valence electrons. The van der Waals surface area contributed by atoms with Crippen molar-refractivity contribution in [1.82, 2.24) is 9.29 Å². The third-order valence-corrected chi connectivity index (χ3v) is 6.74. The van der Waals surface area contributed by atoms with E-state index in [0.717, 1.165) is 6.07 Å². The first kappa shape index (κ1) is 21.5. The number of hydrogen-bond donors (Lipinski definition) is 0. The van der Waals surface area contributed by atoms with Gasteiger partial charge in [0.05, 0.1) is 15.5 Å². The first-order valence-corrected chi connectivity index (χ1v) is 10.4. The van der Waals surface area contributed by atoms with Crippen LogP contribution < -0.4 is 4.90 Å². The predicted molar refractivity (Wildman–Crippen MR) is 102 cm³/mol. The zero-order valence-corrected chi connectivity index (χ0v) is 16.9. The van der Waals surface area contributed by atoms with Crippen LogP contribution in [0.5, 0.6) is 0 Å². The number of aromatic nitrogens is 1. The number of nitrogens with zero attached hydrogens (tertiary/aromatic N) is 3. The molecule has 1 fully saturated rings. The Bertz CT molecular complexity index is 1040. The van der Waals surface area contributed by atoms with E-state index in [9.17, 15) is 26.4 Å². The molecule has 6 nitrogen and oxygen atoms in total. The van der Waals surface area contributed by atoms with E-state index in [2.05, 4.69) is 4.98 Å².